The Morgan fingerprint density at radius 2 is 0.985 bits per heavy atom. The van der Waals surface area contributed by atoms with Crippen LogP contribution in [0.25, 0.3) is 33.6 Å². The average molecular weight is 871 g/mol. The van der Waals surface area contributed by atoms with Crippen molar-refractivity contribution < 1.29 is 19.5 Å². The van der Waals surface area contributed by atoms with Crippen LogP contribution in [0.1, 0.15) is 122 Å². The van der Waals surface area contributed by atoms with Gasteiger partial charge in [0.05, 0.1) is 29.7 Å². The van der Waals surface area contributed by atoms with Gasteiger partial charge in [-0.2, -0.15) is 0 Å². The Labute approximate surface area is 380 Å². The summed E-state index contributed by atoms with van der Waals surface area (Å²) in [7, 11) is 0. The summed E-state index contributed by atoms with van der Waals surface area (Å²) < 4.78 is 0. The van der Waals surface area contributed by atoms with E-state index in [9.17, 15) is 19.5 Å². The van der Waals surface area contributed by atoms with Gasteiger partial charge in [-0.05, 0) is 105 Å². The Hall–Kier alpha value is -6.37. The second kappa shape index (κ2) is 19.0. The molecule has 0 saturated carbocycles. The van der Waals surface area contributed by atoms with E-state index in [0.717, 1.165) is 117 Å². The Bertz CT molecular complexity index is 2580. The molecule has 4 aromatic carbocycles. The van der Waals surface area contributed by atoms with Crippen molar-refractivity contribution in [1.29, 1.82) is 0 Å². The zero-order valence-corrected chi connectivity index (χ0v) is 36.9. The van der Waals surface area contributed by atoms with Gasteiger partial charge in [0, 0.05) is 18.7 Å². The van der Waals surface area contributed by atoms with E-state index >= 15 is 0 Å². The van der Waals surface area contributed by atoms with Crippen molar-refractivity contribution in [1.82, 2.24) is 39.5 Å². The number of carboxylic acid groups (broad SMARTS) is 1. The molecule has 3 N–H and O–H groups in total. The van der Waals surface area contributed by atoms with E-state index in [2.05, 4.69) is 61.1 Å². The van der Waals surface area contributed by atoms with Gasteiger partial charge in [-0.3, -0.25) is 19.4 Å². The summed E-state index contributed by atoms with van der Waals surface area (Å²) in [6.07, 6.45) is 12.0. The second-order valence-electron chi connectivity index (χ2n) is 18.2. The Morgan fingerprint density at radius 3 is 1.48 bits per heavy atom. The fourth-order valence-corrected chi connectivity index (χ4v) is 10.8. The molecule has 6 aromatic rings. The minimum atomic E-state index is -1.11. The summed E-state index contributed by atoms with van der Waals surface area (Å²) in [5, 5.41) is 10.3. The van der Waals surface area contributed by atoms with Crippen molar-refractivity contribution in [2.24, 2.45) is 0 Å². The molecule has 4 fully saturated rings. The second-order valence-corrected chi connectivity index (χ2v) is 18.2. The summed E-state index contributed by atoms with van der Waals surface area (Å²) in [6, 6.07) is 35.3. The lowest BCUT2D eigenvalue weighted by molar-refractivity contribution is -0.139. The SMILES string of the molecule is O=C(O)c1nc([C@@H]2CCCN2C(=O)[C@@H](c2ccccc2)N2CCCCC2)[nH]c1-c1ccc(-c2ccc(-c3cnc([C@@H]4CCCN4C(=O)C(c4ccccc4)N4CCCCC4)[nH]3)cc2)cc1. The average Bonchev–Trinajstić information content (AvgIpc) is 4.21. The number of aromatic nitrogens is 4. The first kappa shape index (κ1) is 42.6. The van der Waals surface area contributed by atoms with Crippen LogP contribution in [-0.2, 0) is 9.59 Å². The lowest BCUT2D eigenvalue weighted by Crippen LogP contribution is -2.44. The van der Waals surface area contributed by atoms with Gasteiger partial charge in [0.25, 0.3) is 0 Å². The normalized spacial score (nSPS) is 20.5. The molecule has 12 heteroatoms. The number of rotatable bonds is 12. The van der Waals surface area contributed by atoms with Crippen LogP contribution in [0.4, 0.5) is 0 Å². The summed E-state index contributed by atoms with van der Waals surface area (Å²) >= 11 is 0. The van der Waals surface area contributed by atoms with Crippen molar-refractivity contribution in [3.05, 3.63) is 144 Å². The molecule has 4 atom stereocenters. The molecule has 4 aliphatic heterocycles. The highest BCUT2D eigenvalue weighted by Gasteiger charge is 2.41. The van der Waals surface area contributed by atoms with Gasteiger partial charge in [0.15, 0.2) is 5.69 Å². The molecule has 4 aliphatic rings. The molecule has 2 aromatic heterocycles. The van der Waals surface area contributed by atoms with Gasteiger partial charge in [0.1, 0.15) is 23.7 Å². The van der Waals surface area contributed by atoms with E-state index in [4.69, 9.17) is 4.98 Å². The third-order valence-corrected chi connectivity index (χ3v) is 14.1. The van der Waals surface area contributed by atoms with Gasteiger partial charge in [-0.15, -0.1) is 0 Å². The molecule has 334 valence electrons. The molecular formula is C53H58N8O4. The molecule has 6 heterocycles. The van der Waals surface area contributed by atoms with Crippen molar-refractivity contribution in [3.8, 4) is 33.6 Å². The number of piperidine rings is 2. The smallest absolute Gasteiger partial charge is 0.356 e. The van der Waals surface area contributed by atoms with Crippen LogP contribution in [0.15, 0.2) is 115 Å². The van der Waals surface area contributed by atoms with E-state index in [1.54, 1.807) is 0 Å². The molecule has 12 nitrogen and oxygen atoms in total. The van der Waals surface area contributed by atoms with Crippen LogP contribution in [0, 0.1) is 0 Å². The first-order chi connectivity index (χ1) is 31.9. The monoisotopic (exact) mass is 870 g/mol. The van der Waals surface area contributed by atoms with E-state index in [1.807, 2.05) is 88.8 Å². The van der Waals surface area contributed by atoms with Gasteiger partial charge >= 0.3 is 5.97 Å². The number of hydrogen-bond donors (Lipinski definition) is 3. The van der Waals surface area contributed by atoms with Crippen LogP contribution >= 0.6 is 0 Å². The minimum Gasteiger partial charge on any atom is -0.476 e. The quantitative estimate of drug-likeness (QED) is 0.110. The predicted octanol–water partition coefficient (Wildman–Crippen LogP) is 9.61. The number of carbonyl (C=O) groups excluding carboxylic acids is 2. The molecule has 0 radical (unpaired) electrons. The third-order valence-electron chi connectivity index (χ3n) is 14.1. The van der Waals surface area contributed by atoms with Crippen molar-refractivity contribution >= 4 is 17.8 Å². The molecule has 10 rings (SSSR count). The van der Waals surface area contributed by atoms with Crippen LogP contribution in [-0.4, -0.2) is 102 Å². The fraction of sp³-hybridized carbons (Fsp3) is 0.377. The Balaban J connectivity index is 0.838. The number of nitrogens with one attached hydrogen (secondary N) is 2. The minimum absolute atomic E-state index is 0.0472. The number of carboxylic acids is 1. The van der Waals surface area contributed by atoms with E-state index in [-0.39, 0.29) is 41.7 Å². The summed E-state index contributed by atoms with van der Waals surface area (Å²) in [4.78, 5) is 66.6. The third kappa shape index (κ3) is 8.77. The first-order valence-corrected chi connectivity index (χ1v) is 23.7. The van der Waals surface area contributed by atoms with E-state index < -0.39 is 5.97 Å². The van der Waals surface area contributed by atoms with Crippen LogP contribution in [0.3, 0.4) is 0 Å². The van der Waals surface area contributed by atoms with Crippen molar-refractivity contribution in [2.75, 3.05) is 39.3 Å². The Morgan fingerprint density at radius 1 is 0.523 bits per heavy atom. The number of nitrogens with zero attached hydrogens (tertiary/aromatic N) is 6. The highest BCUT2D eigenvalue weighted by atomic mass is 16.4. The van der Waals surface area contributed by atoms with Gasteiger partial charge in [0.2, 0.25) is 11.8 Å². The molecule has 4 saturated heterocycles. The van der Waals surface area contributed by atoms with Gasteiger partial charge in [-0.1, -0.05) is 122 Å². The lowest BCUT2D eigenvalue weighted by Gasteiger charge is -2.37. The highest BCUT2D eigenvalue weighted by molar-refractivity contribution is 5.93. The number of benzene rings is 4. The molecule has 0 bridgehead atoms. The summed E-state index contributed by atoms with van der Waals surface area (Å²) in [5.41, 5.74) is 7.05. The molecule has 0 spiro atoms. The number of likely N-dealkylation sites (tertiary alicyclic amines) is 4. The number of amides is 2. The van der Waals surface area contributed by atoms with E-state index in [1.165, 1.54) is 12.8 Å². The number of hydrogen-bond acceptors (Lipinski definition) is 7. The molecule has 0 aliphatic carbocycles. The van der Waals surface area contributed by atoms with Crippen molar-refractivity contribution in [2.45, 2.75) is 88.4 Å². The maximum Gasteiger partial charge on any atom is 0.356 e. The summed E-state index contributed by atoms with van der Waals surface area (Å²) in [5.74, 6) is 0.424. The molecule has 1 unspecified atom stereocenters. The maximum absolute atomic E-state index is 14.5. The standard InChI is InChI=1S/C53H58N8O4/c62-51(47(40-15-5-1-6-16-40)58-29-9-3-10-30-58)60-33-13-19-43(60)49-54-35-42(55-49)38-25-21-36(22-26-38)37-23-27-39(28-24-37)45-46(53(64)65)57-50(56-45)44-20-14-34-61(44)52(63)48(41-17-7-2-8-18-41)59-31-11-4-12-32-59/h1-2,5-8,15-18,21-28,35,43-44,47-48H,3-4,9-14,19-20,29-34H2,(H,54,55)(H,56,57)(H,64,65)/t43-,44-,47?,48+/m0/s1. The lowest BCUT2D eigenvalue weighted by atomic mass is 10.00. The van der Waals surface area contributed by atoms with Crippen LogP contribution < -0.4 is 0 Å². The number of aromatic carboxylic acids is 1. The predicted molar refractivity (Wildman–Crippen MR) is 251 cm³/mol. The number of aromatic amines is 2. The van der Waals surface area contributed by atoms with Crippen molar-refractivity contribution in [3.63, 3.8) is 0 Å². The fourth-order valence-electron chi connectivity index (χ4n) is 10.8. The number of carbonyl (C=O) groups is 3. The molecule has 65 heavy (non-hydrogen) atoms. The van der Waals surface area contributed by atoms with Crippen LogP contribution in [0.2, 0.25) is 0 Å². The largest absolute Gasteiger partial charge is 0.476 e. The number of imidazole rings is 2. The maximum atomic E-state index is 14.5. The Kier molecular flexibility index (Phi) is 12.4. The van der Waals surface area contributed by atoms with Gasteiger partial charge in [-0.25, -0.2) is 14.8 Å². The zero-order valence-electron chi connectivity index (χ0n) is 36.9. The molecule has 2 amide bonds. The zero-order chi connectivity index (χ0) is 44.3. The van der Waals surface area contributed by atoms with Gasteiger partial charge < -0.3 is 24.9 Å². The highest BCUT2D eigenvalue weighted by Crippen LogP contribution is 2.39. The topological polar surface area (TPSA) is 142 Å². The van der Waals surface area contributed by atoms with Crippen LogP contribution in [0.5, 0.6) is 0 Å². The first-order valence-electron chi connectivity index (χ1n) is 23.7. The number of H-pyrrole nitrogens is 2. The summed E-state index contributed by atoms with van der Waals surface area (Å²) in [6.45, 7) is 4.95. The molecular weight excluding hydrogens is 813 g/mol. The van der Waals surface area contributed by atoms with E-state index in [0.29, 0.717) is 30.0 Å².